The third-order valence-electron chi connectivity index (χ3n) is 6.83. The maximum Gasteiger partial charge on any atom is 0.239 e. The molecule has 0 bridgehead atoms. The first-order chi connectivity index (χ1) is 19.0. The van der Waals surface area contributed by atoms with E-state index in [0.717, 1.165) is 6.07 Å². The lowest BCUT2D eigenvalue weighted by Gasteiger charge is -2.38. The Labute approximate surface area is 225 Å². The topological polar surface area (TPSA) is 229 Å². The van der Waals surface area contributed by atoms with Crippen LogP contribution in [0, 0.1) is 0 Å². The lowest BCUT2D eigenvalue weighted by atomic mass is 10.00. The fourth-order valence-electron chi connectivity index (χ4n) is 4.56. The van der Waals surface area contributed by atoms with Gasteiger partial charge in [-0.15, -0.1) is 0 Å². The van der Waals surface area contributed by atoms with E-state index in [4.69, 9.17) is 23.4 Å². The van der Waals surface area contributed by atoms with Crippen LogP contribution in [0.1, 0.15) is 6.92 Å². The van der Waals surface area contributed by atoms with Gasteiger partial charge >= 0.3 is 0 Å². The molecule has 0 radical (unpaired) electrons. The van der Waals surface area contributed by atoms with E-state index in [1.807, 2.05) is 0 Å². The number of aliphatic hydroxyl groups is 6. The van der Waals surface area contributed by atoms with E-state index in [-0.39, 0.29) is 33.8 Å². The molecule has 2 saturated heterocycles. The molecular formula is C26H28O14. The van der Waals surface area contributed by atoms with Crippen LogP contribution in [0.4, 0.5) is 0 Å². The molecule has 2 aromatic carbocycles. The van der Waals surface area contributed by atoms with Crippen LogP contribution in [0.15, 0.2) is 45.6 Å². The molecular weight excluding hydrogens is 536 g/mol. The quantitative estimate of drug-likeness (QED) is 0.178. The number of ether oxygens (including phenoxy) is 4. The summed E-state index contributed by atoms with van der Waals surface area (Å²) < 4.78 is 27.9. The van der Waals surface area contributed by atoms with Crippen molar-refractivity contribution in [3.05, 3.63) is 46.6 Å². The minimum atomic E-state index is -1.64. The Balaban J connectivity index is 1.58. The summed E-state index contributed by atoms with van der Waals surface area (Å²) in [6.07, 6.45) is -12.8. The van der Waals surface area contributed by atoms with Crippen molar-refractivity contribution in [2.75, 3.05) is 6.61 Å². The zero-order chi connectivity index (χ0) is 28.9. The van der Waals surface area contributed by atoms with Crippen LogP contribution >= 0.6 is 0 Å². The average molecular weight is 564 g/mol. The largest absolute Gasteiger partial charge is 0.508 e. The fourth-order valence-corrected chi connectivity index (χ4v) is 4.56. The summed E-state index contributed by atoms with van der Waals surface area (Å²) in [6, 6.07) is 7.70. The SMILES string of the molecule is C[C@H]1O[C@@H](Oc2cc(O)c3c(=O)c(O[C@H]4O[C@H](CO)[C@@H](O)[C@@H]4O)c(-c4ccc(O)cc4)oc3c2)[C@H](O)[C@H](O)[C@H]1O. The number of aliphatic hydroxyl groups excluding tert-OH is 6. The van der Waals surface area contributed by atoms with Gasteiger partial charge in [0.15, 0.2) is 5.76 Å². The molecule has 2 fully saturated rings. The highest BCUT2D eigenvalue weighted by atomic mass is 16.7. The summed E-state index contributed by atoms with van der Waals surface area (Å²) in [6.45, 7) is 0.832. The lowest BCUT2D eigenvalue weighted by Crippen LogP contribution is -2.58. The summed E-state index contributed by atoms with van der Waals surface area (Å²) in [4.78, 5) is 13.6. The van der Waals surface area contributed by atoms with Gasteiger partial charge in [-0.2, -0.15) is 0 Å². The standard InChI is InChI=1S/C26H28O14/c1-9-17(30)20(33)22(35)25(36-9)37-12-6-13(29)16-14(7-12)38-23(10-2-4-11(28)5-3-10)24(19(16)32)40-26-21(34)18(31)15(8-27)39-26/h2-7,9,15,17-18,20-22,25-31,33-35H,8H2,1H3/t9-,15-,17+,18-,20-,21+,22-,25+,26-/m1/s1. The van der Waals surface area contributed by atoms with Gasteiger partial charge in [0.1, 0.15) is 64.8 Å². The number of hydrogen-bond acceptors (Lipinski definition) is 14. The molecule has 40 heavy (non-hydrogen) atoms. The van der Waals surface area contributed by atoms with E-state index >= 15 is 0 Å². The van der Waals surface area contributed by atoms with Crippen molar-refractivity contribution in [1.29, 1.82) is 0 Å². The molecule has 1 aromatic heterocycles. The zero-order valence-corrected chi connectivity index (χ0v) is 20.9. The molecule has 216 valence electrons. The first-order valence-electron chi connectivity index (χ1n) is 12.3. The normalized spacial score (nSPS) is 32.3. The average Bonchev–Trinajstić information content (AvgIpc) is 3.20. The van der Waals surface area contributed by atoms with Crippen LogP contribution in [0.2, 0.25) is 0 Å². The fraction of sp³-hybridized carbons (Fsp3) is 0.423. The molecule has 0 aliphatic carbocycles. The molecule has 0 spiro atoms. The maximum absolute atomic E-state index is 13.6. The second-order valence-electron chi connectivity index (χ2n) is 9.58. The van der Waals surface area contributed by atoms with Gasteiger partial charge in [0.2, 0.25) is 23.8 Å². The Bertz CT molecular complexity index is 1420. The van der Waals surface area contributed by atoms with Gasteiger partial charge in [-0.05, 0) is 31.2 Å². The van der Waals surface area contributed by atoms with Crippen molar-refractivity contribution >= 4 is 11.0 Å². The van der Waals surface area contributed by atoms with Gasteiger partial charge in [-0.3, -0.25) is 4.79 Å². The Morgan fingerprint density at radius 3 is 2.12 bits per heavy atom. The number of rotatable bonds is 6. The molecule has 3 heterocycles. The number of hydrogen-bond donors (Lipinski definition) is 8. The third-order valence-corrected chi connectivity index (χ3v) is 6.83. The lowest BCUT2D eigenvalue weighted by molar-refractivity contribution is -0.268. The Hall–Kier alpha value is -3.47. The number of phenols is 2. The van der Waals surface area contributed by atoms with Gasteiger partial charge < -0.3 is 64.2 Å². The summed E-state index contributed by atoms with van der Waals surface area (Å²) in [5, 5.41) is 80.2. The van der Waals surface area contributed by atoms with Crippen LogP contribution in [-0.2, 0) is 9.47 Å². The highest BCUT2D eigenvalue weighted by Gasteiger charge is 2.45. The van der Waals surface area contributed by atoms with Crippen molar-refractivity contribution in [1.82, 2.24) is 0 Å². The maximum atomic E-state index is 13.6. The van der Waals surface area contributed by atoms with E-state index < -0.39 is 78.8 Å². The van der Waals surface area contributed by atoms with E-state index in [1.54, 1.807) is 0 Å². The Kier molecular flexibility index (Phi) is 7.60. The first-order valence-corrected chi connectivity index (χ1v) is 12.3. The molecule has 0 saturated carbocycles. The van der Waals surface area contributed by atoms with Crippen molar-refractivity contribution in [3.63, 3.8) is 0 Å². The molecule has 0 unspecified atom stereocenters. The van der Waals surface area contributed by atoms with Gasteiger partial charge in [-0.1, -0.05) is 0 Å². The van der Waals surface area contributed by atoms with Crippen molar-refractivity contribution in [2.24, 2.45) is 0 Å². The number of benzene rings is 2. The van der Waals surface area contributed by atoms with Crippen LogP contribution < -0.4 is 14.9 Å². The molecule has 8 N–H and O–H groups in total. The zero-order valence-electron chi connectivity index (χ0n) is 20.9. The van der Waals surface area contributed by atoms with Crippen molar-refractivity contribution in [3.8, 4) is 34.3 Å². The second-order valence-corrected chi connectivity index (χ2v) is 9.58. The highest BCUT2D eigenvalue weighted by molar-refractivity contribution is 5.88. The minimum Gasteiger partial charge on any atom is -0.508 e. The van der Waals surface area contributed by atoms with Crippen LogP contribution in [0.5, 0.6) is 23.0 Å². The smallest absolute Gasteiger partial charge is 0.239 e. The van der Waals surface area contributed by atoms with Crippen molar-refractivity contribution in [2.45, 2.75) is 62.2 Å². The van der Waals surface area contributed by atoms with Gasteiger partial charge in [0.25, 0.3) is 0 Å². The summed E-state index contributed by atoms with van der Waals surface area (Å²) in [5.74, 6) is -1.54. The highest BCUT2D eigenvalue weighted by Crippen LogP contribution is 2.38. The van der Waals surface area contributed by atoms with Crippen LogP contribution in [0.3, 0.4) is 0 Å². The first kappa shape index (κ1) is 28.1. The van der Waals surface area contributed by atoms with Crippen LogP contribution in [-0.4, -0.2) is 103 Å². The van der Waals surface area contributed by atoms with Gasteiger partial charge in [0.05, 0.1) is 12.7 Å². The molecule has 9 atom stereocenters. The second kappa shape index (κ2) is 10.8. The number of aromatic hydroxyl groups is 2. The van der Waals surface area contributed by atoms with Gasteiger partial charge in [-0.25, -0.2) is 0 Å². The number of phenolic OH excluding ortho intramolecular Hbond substituents is 2. The summed E-state index contributed by atoms with van der Waals surface area (Å²) in [7, 11) is 0. The molecule has 14 nitrogen and oxygen atoms in total. The molecule has 2 aliphatic heterocycles. The van der Waals surface area contributed by atoms with E-state index in [2.05, 4.69) is 0 Å². The molecule has 3 aromatic rings. The predicted octanol–water partition coefficient (Wildman–Crippen LogP) is -1.10. The molecule has 0 amide bonds. The Morgan fingerprint density at radius 1 is 0.825 bits per heavy atom. The molecule has 5 rings (SSSR count). The minimum absolute atomic E-state index is 0.0845. The number of fused-ring (bicyclic) bond motifs is 1. The third kappa shape index (κ3) is 4.95. The predicted molar refractivity (Wildman–Crippen MR) is 133 cm³/mol. The molecule has 2 aliphatic rings. The van der Waals surface area contributed by atoms with E-state index in [9.17, 15) is 45.6 Å². The summed E-state index contributed by atoms with van der Waals surface area (Å²) >= 11 is 0. The van der Waals surface area contributed by atoms with Crippen LogP contribution in [0.25, 0.3) is 22.3 Å². The van der Waals surface area contributed by atoms with E-state index in [0.29, 0.717) is 0 Å². The summed E-state index contributed by atoms with van der Waals surface area (Å²) in [5.41, 5.74) is -0.857. The molecule has 14 heteroatoms. The van der Waals surface area contributed by atoms with Crippen molar-refractivity contribution < 1.29 is 64.2 Å². The van der Waals surface area contributed by atoms with E-state index in [1.165, 1.54) is 37.3 Å². The van der Waals surface area contributed by atoms with Gasteiger partial charge in [0, 0.05) is 17.7 Å². The Morgan fingerprint density at radius 2 is 1.48 bits per heavy atom. The monoisotopic (exact) mass is 564 g/mol.